The average molecular weight is 458 g/mol. The van der Waals surface area contributed by atoms with E-state index < -0.39 is 0 Å². The van der Waals surface area contributed by atoms with Crippen molar-refractivity contribution in [3.05, 3.63) is 75.0 Å². The Morgan fingerprint density at radius 3 is 2.48 bits per heavy atom. The fraction of sp³-hybridized carbons (Fsp3) is 0.333. The molecule has 0 saturated carbocycles. The second-order valence-corrected chi connectivity index (χ2v) is 8.72. The van der Waals surface area contributed by atoms with Crippen molar-refractivity contribution in [2.75, 3.05) is 19.7 Å². The van der Waals surface area contributed by atoms with Crippen molar-refractivity contribution in [2.24, 2.45) is 0 Å². The standard InChI is InChI=1S/C24H25Cl2N3O2/c1-17-4-2-11-28(17)12-3-13-31-22-7-5-18(6-8-22)23-9-10-24(30)29(27-23)21-15-19(25)14-20(26)16-21/h5-10,14-17H,2-4,11-13H2,1H3/t17-/m1/s1. The summed E-state index contributed by atoms with van der Waals surface area (Å²) in [4.78, 5) is 14.9. The van der Waals surface area contributed by atoms with E-state index in [4.69, 9.17) is 27.9 Å². The molecule has 1 atom stereocenters. The van der Waals surface area contributed by atoms with Crippen LogP contribution in [0.1, 0.15) is 26.2 Å². The van der Waals surface area contributed by atoms with E-state index in [0.717, 1.165) is 24.3 Å². The summed E-state index contributed by atoms with van der Waals surface area (Å²) in [5, 5.41) is 5.38. The van der Waals surface area contributed by atoms with Crippen molar-refractivity contribution >= 4 is 23.2 Å². The van der Waals surface area contributed by atoms with Crippen molar-refractivity contribution in [3.8, 4) is 22.7 Å². The lowest BCUT2D eigenvalue weighted by atomic mass is 10.1. The molecule has 5 nitrogen and oxygen atoms in total. The topological polar surface area (TPSA) is 47.4 Å². The number of halogens is 2. The van der Waals surface area contributed by atoms with Gasteiger partial charge in [-0.15, -0.1) is 0 Å². The Labute approximate surface area is 192 Å². The third-order valence-electron chi connectivity index (χ3n) is 5.59. The minimum Gasteiger partial charge on any atom is -0.494 e. The molecule has 0 unspecified atom stereocenters. The molecule has 1 aromatic heterocycles. The summed E-state index contributed by atoms with van der Waals surface area (Å²) in [6, 6.07) is 16.6. The van der Waals surface area contributed by atoms with Gasteiger partial charge in [0.05, 0.1) is 18.0 Å². The van der Waals surface area contributed by atoms with Crippen LogP contribution in [0.15, 0.2) is 59.4 Å². The lowest BCUT2D eigenvalue weighted by molar-refractivity contribution is 0.230. The minimum absolute atomic E-state index is 0.255. The highest BCUT2D eigenvalue weighted by molar-refractivity contribution is 6.34. The first-order valence-electron chi connectivity index (χ1n) is 10.5. The smallest absolute Gasteiger partial charge is 0.271 e. The predicted molar refractivity (Wildman–Crippen MR) is 126 cm³/mol. The summed E-state index contributed by atoms with van der Waals surface area (Å²) in [6.07, 6.45) is 3.62. The molecule has 162 valence electrons. The molecule has 1 aliphatic rings. The van der Waals surface area contributed by atoms with Gasteiger partial charge in [-0.05, 0) is 81.3 Å². The van der Waals surface area contributed by atoms with Crippen LogP contribution in [0.25, 0.3) is 16.9 Å². The molecule has 3 aromatic rings. The van der Waals surface area contributed by atoms with E-state index in [1.54, 1.807) is 24.3 Å². The zero-order valence-corrected chi connectivity index (χ0v) is 18.9. The Bertz CT molecular complexity index is 1080. The number of rotatable bonds is 7. The van der Waals surface area contributed by atoms with Crippen molar-refractivity contribution < 1.29 is 4.74 Å². The average Bonchev–Trinajstić information content (AvgIpc) is 3.16. The number of nitrogens with zero attached hydrogens (tertiary/aromatic N) is 3. The van der Waals surface area contributed by atoms with Crippen molar-refractivity contribution in [3.63, 3.8) is 0 Å². The lowest BCUT2D eigenvalue weighted by Gasteiger charge is -2.20. The molecule has 1 saturated heterocycles. The highest BCUT2D eigenvalue weighted by Crippen LogP contribution is 2.23. The Morgan fingerprint density at radius 2 is 1.81 bits per heavy atom. The molecular formula is C24H25Cl2N3O2. The molecule has 31 heavy (non-hydrogen) atoms. The molecule has 2 heterocycles. The number of ether oxygens (including phenoxy) is 1. The summed E-state index contributed by atoms with van der Waals surface area (Å²) in [6.45, 7) is 5.27. The monoisotopic (exact) mass is 457 g/mol. The molecular weight excluding hydrogens is 433 g/mol. The lowest BCUT2D eigenvalue weighted by Crippen LogP contribution is -2.28. The van der Waals surface area contributed by atoms with Gasteiger partial charge in [-0.3, -0.25) is 4.79 Å². The van der Waals surface area contributed by atoms with Gasteiger partial charge in [0.1, 0.15) is 5.75 Å². The van der Waals surface area contributed by atoms with Crippen LogP contribution < -0.4 is 10.3 Å². The quantitative estimate of drug-likeness (QED) is 0.441. The van der Waals surface area contributed by atoms with Crippen LogP contribution in [0.2, 0.25) is 10.0 Å². The van der Waals surface area contributed by atoms with Gasteiger partial charge in [0, 0.05) is 34.3 Å². The van der Waals surface area contributed by atoms with Gasteiger partial charge >= 0.3 is 0 Å². The zero-order chi connectivity index (χ0) is 21.8. The fourth-order valence-corrected chi connectivity index (χ4v) is 4.43. The third-order valence-corrected chi connectivity index (χ3v) is 6.03. The van der Waals surface area contributed by atoms with Crippen molar-refractivity contribution in [1.82, 2.24) is 14.7 Å². The Morgan fingerprint density at radius 1 is 1.06 bits per heavy atom. The number of benzene rings is 2. The first-order chi connectivity index (χ1) is 15.0. The van der Waals surface area contributed by atoms with Gasteiger partial charge in [0.25, 0.3) is 5.56 Å². The minimum atomic E-state index is -0.255. The van der Waals surface area contributed by atoms with Crippen LogP contribution in [0.4, 0.5) is 0 Å². The van der Waals surface area contributed by atoms with E-state index in [1.807, 2.05) is 24.3 Å². The summed E-state index contributed by atoms with van der Waals surface area (Å²) >= 11 is 12.2. The summed E-state index contributed by atoms with van der Waals surface area (Å²) in [7, 11) is 0. The number of hydrogen-bond acceptors (Lipinski definition) is 4. The van der Waals surface area contributed by atoms with Gasteiger partial charge in [0.15, 0.2) is 0 Å². The maximum absolute atomic E-state index is 12.3. The summed E-state index contributed by atoms with van der Waals surface area (Å²) in [5.74, 6) is 0.827. The first kappa shape index (κ1) is 21.9. The number of likely N-dealkylation sites (tertiary alicyclic amines) is 1. The zero-order valence-electron chi connectivity index (χ0n) is 17.4. The number of aromatic nitrogens is 2. The highest BCUT2D eigenvalue weighted by atomic mass is 35.5. The Kier molecular flexibility index (Phi) is 6.96. The SMILES string of the molecule is C[C@@H]1CCCN1CCCOc1ccc(-c2ccc(=O)n(-c3cc(Cl)cc(Cl)c3)n2)cc1. The molecule has 0 bridgehead atoms. The van der Waals surface area contributed by atoms with Gasteiger partial charge in [-0.2, -0.15) is 9.78 Å². The molecule has 2 aromatic carbocycles. The van der Waals surface area contributed by atoms with Gasteiger partial charge < -0.3 is 9.64 Å². The maximum Gasteiger partial charge on any atom is 0.271 e. The largest absolute Gasteiger partial charge is 0.494 e. The third kappa shape index (κ3) is 5.48. The Hall–Kier alpha value is -2.34. The van der Waals surface area contributed by atoms with Crippen molar-refractivity contribution in [2.45, 2.75) is 32.2 Å². The van der Waals surface area contributed by atoms with Crippen LogP contribution in [0.3, 0.4) is 0 Å². The molecule has 4 rings (SSSR count). The Balaban J connectivity index is 1.42. The van der Waals surface area contributed by atoms with Gasteiger partial charge in [-0.25, -0.2) is 0 Å². The van der Waals surface area contributed by atoms with Gasteiger partial charge in [-0.1, -0.05) is 23.2 Å². The van der Waals surface area contributed by atoms with Crippen molar-refractivity contribution in [1.29, 1.82) is 0 Å². The molecule has 0 N–H and O–H groups in total. The normalized spacial score (nSPS) is 16.5. The van der Waals surface area contributed by atoms with E-state index in [2.05, 4.69) is 16.9 Å². The number of hydrogen-bond donors (Lipinski definition) is 0. The second-order valence-electron chi connectivity index (χ2n) is 7.85. The predicted octanol–water partition coefficient (Wildman–Crippen LogP) is 5.46. The molecule has 1 aliphatic heterocycles. The van der Waals surface area contributed by atoms with E-state index in [9.17, 15) is 4.79 Å². The molecule has 0 amide bonds. The van der Waals surface area contributed by atoms with E-state index in [1.165, 1.54) is 30.1 Å². The molecule has 7 heteroatoms. The molecule has 0 aliphatic carbocycles. The van der Waals surface area contributed by atoms with Crippen LogP contribution in [0.5, 0.6) is 5.75 Å². The second kappa shape index (κ2) is 9.86. The fourth-order valence-electron chi connectivity index (χ4n) is 3.92. The first-order valence-corrected chi connectivity index (χ1v) is 11.3. The molecule has 0 radical (unpaired) electrons. The van der Waals surface area contributed by atoms with E-state index in [0.29, 0.717) is 34.1 Å². The van der Waals surface area contributed by atoms with E-state index >= 15 is 0 Å². The summed E-state index contributed by atoms with van der Waals surface area (Å²) in [5.41, 5.74) is 1.83. The maximum atomic E-state index is 12.3. The van der Waals surface area contributed by atoms with Crippen LogP contribution in [0, 0.1) is 0 Å². The molecule has 1 fully saturated rings. The van der Waals surface area contributed by atoms with Crippen LogP contribution in [-0.2, 0) is 0 Å². The van der Waals surface area contributed by atoms with Gasteiger partial charge in [0.2, 0.25) is 0 Å². The highest BCUT2D eigenvalue weighted by Gasteiger charge is 2.19. The van der Waals surface area contributed by atoms with E-state index in [-0.39, 0.29) is 5.56 Å². The van der Waals surface area contributed by atoms with Crippen LogP contribution in [-0.4, -0.2) is 40.4 Å². The van der Waals surface area contributed by atoms with Crippen LogP contribution >= 0.6 is 23.2 Å². The molecule has 0 spiro atoms. The summed E-state index contributed by atoms with van der Waals surface area (Å²) < 4.78 is 7.20.